The summed E-state index contributed by atoms with van der Waals surface area (Å²) in [6, 6.07) is 15.5. The van der Waals surface area contributed by atoms with E-state index < -0.39 is 29.9 Å². The Morgan fingerprint density at radius 2 is 1.70 bits per heavy atom. The number of aromatic nitrogens is 2. The topological polar surface area (TPSA) is 160 Å². The highest BCUT2D eigenvalue weighted by Gasteiger charge is 2.53. The van der Waals surface area contributed by atoms with Crippen LogP contribution in [-0.2, 0) is 20.7 Å². The van der Waals surface area contributed by atoms with E-state index >= 15 is 0 Å². The molecule has 3 saturated heterocycles. The van der Waals surface area contributed by atoms with Crippen LogP contribution < -0.4 is 10.5 Å². The highest BCUT2D eigenvalue weighted by molar-refractivity contribution is 6.33. The Hall–Kier alpha value is -5.65. The smallest absolute Gasteiger partial charge is 0.332 e. The average molecular weight is 782 g/mol. The zero-order valence-electron chi connectivity index (χ0n) is 30.9. The fourth-order valence-corrected chi connectivity index (χ4v) is 8.03. The third-order valence-electron chi connectivity index (χ3n) is 10.9. The maximum atomic E-state index is 14.9. The van der Waals surface area contributed by atoms with Crippen molar-refractivity contribution in [3.8, 4) is 6.07 Å². The lowest BCUT2D eigenvalue weighted by Crippen LogP contribution is -2.50. The predicted molar refractivity (Wildman–Crippen MR) is 206 cm³/mol. The summed E-state index contributed by atoms with van der Waals surface area (Å²) in [5.41, 5.74) is 2.09. The third kappa shape index (κ3) is 7.61. The summed E-state index contributed by atoms with van der Waals surface area (Å²) in [4.78, 5) is 71.2. The van der Waals surface area contributed by atoms with Gasteiger partial charge in [0.2, 0.25) is 5.91 Å². The predicted octanol–water partition coefficient (Wildman–Crippen LogP) is 5.35. The number of anilines is 1. The standard InChI is InChI=1S/C41H41ClFN7O6/c1-25-33(14-12-27(24-44)36(25)42)50-40(54)37-34(15-16-49(37)41(50)55)56-21-7-3-2-4-10-35(51)47-17-19-48(20-18-47)39(53)30-22-26(11-13-31(30)43)23-32-28-8-5-6-9-29(28)38(52)46-45-32/h5-6,8-9,11-14,22,34,37H,2-4,7,10,15-21,23H2,1H3,(H,46,52)/t34-,37+/m1/s1. The maximum Gasteiger partial charge on any atom is 0.332 e. The van der Waals surface area contributed by atoms with E-state index in [2.05, 4.69) is 10.2 Å². The number of hydrogen-bond donors (Lipinski definition) is 1. The summed E-state index contributed by atoms with van der Waals surface area (Å²) in [5.74, 6) is -1.41. The molecule has 3 aliphatic rings. The van der Waals surface area contributed by atoms with Crippen molar-refractivity contribution in [1.29, 1.82) is 5.26 Å². The first-order valence-electron chi connectivity index (χ1n) is 18.8. The quantitative estimate of drug-likeness (QED) is 0.149. The molecule has 0 spiro atoms. The van der Waals surface area contributed by atoms with Gasteiger partial charge in [-0.25, -0.2) is 19.2 Å². The Balaban J connectivity index is 0.822. The molecule has 3 aliphatic heterocycles. The monoisotopic (exact) mass is 781 g/mol. The van der Waals surface area contributed by atoms with E-state index in [1.807, 2.05) is 18.2 Å². The van der Waals surface area contributed by atoms with Gasteiger partial charge < -0.3 is 19.4 Å². The van der Waals surface area contributed by atoms with Crippen molar-refractivity contribution in [3.05, 3.63) is 104 Å². The number of ether oxygens (including phenoxy) is 1. The van der Waals surface area contributed by atoms with Gasteiger partial charge in [-0.15, -0.1) is 0 Å². The van der Waals surface area contributed by atoms with E-state index in [1.165, 1.54) is 23.1 Å². The van der Waals surface area contributed by atoms with Crippen LogP contribution in [0.3, 0.4) is 0 Å². The second-order valence-electron chi connectivity index (χ2n) is 14.3. The summed E-state index contributed by atoms with van der Waals surface area (Å²) >= 11 is 6.31. The first-order valence-corrected chi connectivity index (χ1v) is 19.2. The number of unbranched alkanes of at least 4 members (excludes halogenated alkanes) is 3. The molecule has 4 aromatic rings. The van der Waals surface area contributed by atoms with Crippen LogP contribution in [0.5, 0.6) is 0 Å². The van der Waals surface area contributed by atoms with Gasteiger partial charge in [-0.2, -0.15) is 10.4 Å². The number of amides is 5. The van der Waals surface area contributed by atoms with Crippen molar-refractivity contribution in [3.63, 3.8) is 0 Å². The molecule has 0 unspecified atom stereocenters. The number of nitriles is 1. The summed E-state index contributed by atoms with van der Waals surface area (Å²) in [5, 5.41) is 17.4. The molecule has 2 atom stereocenters. The number of fused-ring (bicyclic) bond motifs is 2. The number of urea groups is 1. The van der Waals surface area contributed by atoms with Crippen molar-refractivity contribution in [2.45, 2.75) is 64.0 Å². The molecule has 290 valence electrons. The Labute approximate surface area is 327 Å². The number of nitrogens with one attached hydrogen (secondary N) is 1. The Bertz CT molecular complexity index is 2300. The molecular weight excluding hydrogens is 741 g/mol. The van der Waals surface area contributed by atoms with Gasteiger partial charge in [0.05, 0.1) is 39.0 Å². The van der Waals surface area contributed by atoms with Crippen LogP contribution in [0.25, 0.3) is 10.8 Å². The molecule has 1 aromatic heterocycles. The van der Waals surface area contributed by atoms with Crippen LogP contribution in [-0.4, -0.2) is 100 Å². The van der Waals surface area contributed by atoms with E-state index in [4.69, 9.17) is 16.3 Å². The van der Waals surface area contributed by atoms with Crippen LogP contribution >= 0.6 is 11.6 Å². The molecule has 0 radical (unpaired) electrons. The lowest BCUT2D eigenvalue weighted by molar-refractivity contribution is -0.132. The molecule has 15 heteroatoms. The molecule has 7 rings (SSSR count). The van der Waals surface area contributed by atoms with E-state index in [0.29, 0.717) is 98.3 Å². The van der Waals surface area contributed by atoms with Gasteiger partial charge in [-0.3, -0.25) is 19.2 Å². The number of imide groups is 1. The van der Waals surface area contributed by atoms with Crippen molar-refractivity contribution >= 4 is 51.8 Å². The van der Waals surface area contributed by atoms with E-state index in [9.17, 15) is 33.6 Å². The number of carbonyl (C=O) groups excluding carboxylic acids is 4. The van der Waals surface area contributed by atoms with Gasteiger partial charge in [0.25, 0.3) is 17.4 Å². The van der Waals surface area contributed by atoms with Crippen LogP contribution in [0.4, 0.5) is 14.9 Å². The van der Waals surface area contributed by atoms with Crippen LogP contribution in [0.1, 0.15) is 71.3 Å². The number of hydrogen-bond acceptors (Lipinski definition) is 8. The van der Waals surface area contributed by atoms with Gasteiger partial charge in [0.15, 0.2) is 0 Å². The minimum atomic E-state index is -0.707. The molecule has 13 nitrogen and oxygen atoms in total. The van der Waals surface area contributed by atoms with Gasteiger partial charge in [0, 0.05) is 57.6 Å². The minimum absolute atomic E-state index is 0.0148. The highest BCUT2D eigenvalue weighted by Crippen LogP contribution is 2.37. The second kappa shape index (κ2) is 16.6. The molecule has 5 amide bonds. The van der Waals surface area contributed by atoms with Crippen molar-refractivity contribution in [2.75, 3.05) is 44.2 Å². The summed E-state index contributed by atoms with van der Waals surface area (Å²) in [6.07, 6.45) is 3.91. The third-order valence-corrected chi connectivity index (χ3v) is 11.4. The lowest BCUT2D eigenvalue weighted by Gasteiger charge is -2.35. The molecule has 0 saturated carbocycles. The zero-order chi connectivity index (χ0) is 39.5. The van der Waals surface area contributed by atoms with Crippen molar-refractivity contribution in [2.24, 2.45) is 0 Å². The number of rotatable bonds is 12. The molecule has 56 heavy (non-hydrogen) atoms. The molecule has 3 fully saturated rings. The van der Waals surface area contributed by atoms with Crippen LogP contribution in [0.15, 0.2) is 59.4 Å². The number of piperazine rings is 1. The largest absolute Gasteiger partial charge is 0.375 e. The Kier molecular flexibility index (Phi) is 11.5. The Morgan fingerprint density at radius 3 is 2.46 bits per heavy atom. The zero-order valence-corrected chi connectivity index (χ0v) is 31.7. The van der Waals surface area contributed by atoms with E-state index in [0.717, 1.165) is 24.2 Å². The molecule has 0 bridgehead atoms. The second-order valence-corrected chi connectivity index (χ2v) is 14.7. The van der Waals surface area contributed by atoms with Gasteiger partial charge >= 0.3 is 6.03 Å². The molecule has 0 aliphatic carbocycles. The number of nitrogens with zero attached hydrogens (tertiary/aromatic N) is 6. The summed E-state index contributed by atoms with van der Waals surface area (Å²) in [7, 11) is 0. The van der Waals surface area contributed by atoms with Gasteiger partial charge in [-0.05, 0) is 67.6 Å². The van der Waals surface area contributed by atoms with E-state index in [-0.39, 0.29) is 33.5 Å². The number of aromatic amines is 1. The number of H-pyrrole nitrogens is 1. The molecule has 3 aromatic carbocycles. The van der Waals surface area contributed by atoms with Gasteiger partial charge in [0.1, 0.15) is 17.9 Å². The molecular formula is C41H41ClFN7O6. The fourth-order valence-electron chi connectivity index (χ4n) is 7.83. The number of benzene rings is 3. The minimum Gasteiger partial charge on any atom is -0.375 e. The van der Waals surface area contributed by atoms with Crippen molar-refractivity contribution in [1.82, 2.24) is 24.9 Å². The Morgan fingerprint density at radius 1 is 0.964 bits per heavy atom. The van der Waals surface area contributed by atoms with Gasteiger partial charge in [-0.1, -0.05) is 48.7 Å². The van der Waals surface area contributed by atoms with Crippen LogP contribution in [0.2, 0.25) is 5.02 Å². The fraction of sp³-hybridized carbons (Fsp3) is 0.390. The highest BCUT2D eigenvalue weighted by atomic mass is 35.5. The molecule has 4 heterocycles. The first kappa shape index (κ1) is 38.6. The normalized spacial score (nSPS) is 18.2. The summed E-state index contributed by atoms with van der Waals surface area (Å²) in [6.45, 7) is 3.83. The first-order chi connectivity index (χ1) is 27.1. The number of carbonyl (C=O) groups is 4. The lowest BCUT2D eigenvalue weighted by atomic mass is 10.0. The SMILES string of the molecule is Cc1c(N2C(=O)[C@@H]3[C@H](OCCCCCCC(=O)N4CCN(C(=O)c5cc(Cc6n[nH]c(=O)c7ccccc67)ccc5F)CC4)CCN3C2=O)ccc(C#N)c1Cl. The summed E-state index contributed by atoms with van der Waals surface area (Å²) < 4.78 is 21.0. The van der Waals surface area contributed by atoms with E-state index in [1.54, 1.807) is 41.0 Å². The molecule has 1 N–H and O–H groups in total. The maximum absolute atomic E-state index is 14.9. The van der Waals surface area contributed by atoms with Crippen LogP contribution in [0, 0.1) is 24.1 Å². The van der Waals surface area contributed by atoms with Crippen molar-refractivity contribution < 1.29 is 28.3 Å². The average Bonchev–Trinajstić information content (AvgIpc) is 3.74. The number of halogens is 2.